The summed E-state index contributed by atoms with van der Waals surface area (Å²) in [6.45, 7) is 1.62. The number of carbonyl (C=O) groups excluding carboxylic acids is 1. The second-order valence-electron chi connectivity index (χ2n) is 5.10. The summed E-state index contributed by atoms with van der Waals surface area (Å²) in [5.74, 6) is -6.26. The Morgan fingerprint density at radius 1 is 1.42 bits per heavy atom. The van der Waals surface area contributed by atoms with Gasteiger partial charge in [-0.3, -0.25) is 10.1 Å². The number of carbonyl (C=O) groups is 2. The van der Waals surface area contributed by atoms with Crippen molar-refractivity contribution in [2.75, 3.05) is 6.61 Å². The van der Waals surface area contributed by atoms with Crippen LogP contribution in [0.25, 0.3) is 0 Å². The highest BCUT2D eigenvalue weighted by Gasteiger charge is 2.46. The Bertz CT molecular complexity index is 696. The first-order valence-corrected chi connectivity index (χ1v) is 7.05. The lowest BCUT2D eigenvalue weighted by Crippen LogP contribution is -2.45. The summed E-state index contributed by atoms with van der Waals surface area (Å²) >= 11 is 0. The Hall–Kier alpha value is -2.94. The molecule has 1 aliphatic heterocycles. The molecule has 24 heavy (non-hydrogen) atoms. The molecule has 9 heteroatoms. The van der Waals surface area contributed by atoms with Crippen molar-refractivity contribution in [1.82, 2.24) is 0 Å². The standard InChI is InChI=1S/C15H15NO8/c1-2-23-13(17)12-7-10(8-15(20,24-12)14(18)19)9-3-5-11(6-4-9)16(21)22/h3-7,10,20H,2,8H2,1H3,(H,18,19). The van der Waals surface area contributed by atoms with E-state index >= 15 is 0 Å². The van der Waals surface area contributed by atoms with Crippen LogP contribution in [0.3, 0.4) is 0 Å². The Morgan fingerprint density at radius 3 is 2.54 bits per heavy atom. The molecule has 0 saturated heterocycles. The van der Waals surface area contributed by atoms with Crippen LogP contribution >= 0.6 is 0 Å². The number of non-ortho nitro benzene ring substituents is 1. The third-order valence-corrected chi connectivity index (χ3v) is 3.47. The van der Waals surface area contributed by atoms with Crippen LogP contribution in [0.4, 0.5) is 5.69 Å². The largest absolute Gasteiger partial charge is 0.476 e. The number of allylic oxidation sites excluding steroid dienone is 1. The molecule has 0 bridgehead atoms. The highest BCUT2D eigenvalue weighted by molar-refractivity contribution is 5.88. The minimum Gasteiger partial charge on any atom is -0.476 e. The number of esters is 1. The molecule has 9 nitrogen and oxygen atoms in total. The number of carboxylic acids is 1. The number of carboxylic acid groups (broad SMARTS) is 1. The van der Waals surface area contributed by atoms with Crippen molar-refractivity contribution in [2.24, 2.45) is 0 Å². The third-order valence-electron chi connectivity index (χ3n) is 3.47. The van der Waals surface area contributed by atoms with E-state index in [9.17, 15) is 24.8 Å². The summed E-state index contributed by atoms with van der Waals surface area (Å²) in [6, 6.07) is 5.36. The molecule has 1 aromatic carbocycles. The zero-order valence-electron chi connectivity index (χ0n) is 12.7. The molecule has 0 aromatic heterocycles. The predicted molar refractivity (Wildman–Crippen MR) is 78.8 cm³/mol. The van der Waals surface area contributed by atoms with Crippen LogP contribution < -0.4 is 0 Å². The summed E-state index contributed by atoms with van der Waals surface area (Å²) in [7, 11) is 0. The minimum absolute atomic E-state index is 0.0488. The summed E-state index contributed by atoms with van der Waals surface area (Å²) < 4.78 is 9.66. The van der Waals surface area contributed by atoms with Gasteiger partial charge in [0.15, 0.2) is 0 Å². The summed E-state index contributed by atoms with van der Waals surface area (Å²) in [5, 5.41) is 30.0. The van der Waals surface area contributed by atoms with Gasteiger partial charge >= 0.3 is 17.7 Å². The van der Waals surface area contributed by atoms with Gasteiger partial charge in [0.1, 0.15) is 0 Å². The van der Waals surface area contributed by atoms with Crippen molar-refractivity contribution in [3.63, 3.8) is 0 Å². The summed E-state index contributed by atoms with van der Waals surface area (Å²) in [4.78, 5) is 33.2. The fourth-order valence-corrected chi connectivity index (χ4v) is 2.30. The number of aliphatic carboxylic acids is 1. The zero-order chi connectivity index (χ0) is 17.9. The predicted octanol–water partition coefficient (Wildman–Crippen LogP) is 1.32. The van der Waals surface area contributed by atoms with Gasteiger partial charge in [0.05, 0.1) is 11.5 Å². The van der Waals surface area contributed by atoms with Gasteiger partial charge in [-0.2, -0.15) is 0 Å². The zero-order valence-corrected chi connectivity index (χ0v) is 12.7. The summed E-state index contributed by atoms with van der Waals surface area (Å²) in [5.41, 5.74) is 0.360. The van der Waals surface area contributed by atoms with Crippen LogP contribution in [0.15, 0.2) is 36.1 Å². The average molecular weight is 337 g/mol. The van der Waals surface area contributed by atoms with Gasteiger partial charge in [0, 0.05) is 24.5 Å². The van der Waals surface area contributed by atoms with Crippen molar-refractivity contribution in [3.05, 3.63) is 51.8 Å². The molecule has 128 valence electrons. The molecule has 2 rings (SSSR count). The maximum Gasteiger partial charge on any atom is 0.377 e. The average Bonchev–Trinajstić information content (AvgIpc) is 2.54. The second-order valence-corrected chi connectivity index (χ2v) is 5.10. The number of nitrogens with zero attached hydrogens (tertiary/aromatic N) is 1. The first kappa shape index (κ1) is 17.4. The lowest BCUT2D eigenvalue weighted by molar-refractivity contribution is -0.384. The van der Waals surface area contributed by atoms with Gasteiger partial charge in [-0.05, 0) is 18.6 Å². The van der Waals surface area contributed by atoms with Crippen molar-refractivity contribution in [1.29, 1.82) is 0 Å². The van der Waals surface area contributed by atoms with Crippen LogP contribution in [-0.2, 0) is 19.1 Å². The highest BCUT2D eigenvalue weighted by Crippen LogP contribution is 2.36. The van der Waals surface area contributed by atoms with Crippen molar-refractivity contribution in [3.8, 4) is 0 Å². The Morgan fingerprint density at radius 2 is 2.04 bits per heavy atom. The Labute approximate surface area is 136 Å². The number of rotatable bonds is 5. The van der Waals surface area contributed by atoms with Gasteiger partial charge in [-0.15, -0.1) is 0 Å². The molecule has 2 atom stereocenters. The smallest absolute Gasteiger partial charge is 0.377 e. The first-order chi connectivity index (χ1) is 11.3. The van der Waals surface area contributed by atoms with E-state index in [1.54, 1.807) is 6.92 Å². The minimum atomic E-state index is -2.59. The number of nitro groups is 1. The topological polar surface area (TPSA) is 136 Å². The van der Waals surface area contributed by atoms with Crippen molar-refractivity contribution in [2.45, 2.75) is 25.0 Å². The molecule has 0 spiro atoms. The molecular weight excluding hydrogens is 322 g/mol. The number of ether oxygens (including phenoxy) is 2. The molecule has 2 N–H and O–H groups in total. The molecule has 1 aliphatic rings. The molecule has 1 aromatic rings. The van der Waals surface area contributed by atoms with Crippen molar-refractivity contribution < 1.29 is 34.2 Å². The number of hydrogen-bond donors (Lipinski definition) is 2. The fourth-order valence-electron chi connectivity index (χ4n) is 2.30. The Kier molecular flexibility index (Phi) is 4.84. The van der Waals surface area contributed by atoms with E-state index in [-0.39, 0.29) is 18.7 Å². The third kappa shape index (κ3) is 3.51. The first-order valence-electron chi connectivity index (χ1n) is 7.05. The van der Waals surface area contributed by atoms with Crippen molar-refractivity contribution >= 4 is 17.6 Å². The summed E-state index contributed by atoms with van der Waals surface area (Å²) in [6.07, 6.45) is 0.972. The van der Waals surface area contributed by atoms with E-state index in [0.29, 0.717) is 5.56 Å². The molecule has 0 fully saturated rings. The molecule has 0 saturated carbocycles. The highest BCUT2D eigenvalue weighted by atomic mass is 16.7. The molecule has 1 heterocycles. The maximum absolute atomic E-state index is 11.8. The Balaban J connectivity index is 2.38. The van der Waals surface area contributed by atoms with E-state index in [1.165, 1.54) is 30.3 Å². The number of nitro benzene ring substituents is 1. The van der Waals surface area contributed by atoms with Crippen LogP contribution in [0.2, 0.25) is 0 Å². The van der Waals surface area contributed by atoms with E-state index < -0.39 is 34.3 Å². The number of hydrogen-bond acceptors (Lipinski definition) is 7. The van der Waals surface area contributed by atoms with Gasteiger partial charge < -0.3 is 19.7 Å². The molecular formula is C15H15NO8. The van der Waals surface area contributed by atoms with Crippen LogP contribution in [-0.4, -0.2) is 39.5 Å². The normalized spacial score (nSPS) is 22.9. The van der Waals surface area contributed by atoms with Crippen LogP contribution in [0.5, 0.6) is 0 Å². The SMILES string of the molecule is CCOC(=O)C1=CC(c2ccc([N+](=O)[O-])cc2)CC(O)(C(=O)O)O1. The van der Waals surface area contributed by atoms with Crippen LogP contribution in [0.1, 0.15) is 24.8 Å². The van der Waals surface area contributed by atoms with E-state index in [2.05, 4.69) is 0 Å². The monoisotopic (exact) mass is 337 g/mol. The van der Waals surface area contributed by atoms with Gasteiger partial charge in [0.2, 0.25) is 5.76 Å². The van der Waals surface area contributed by atoms with Gasteiger partial charge in [-0.1, -0.05) is 12.1 Å². The lowest BCUT2D eigenvalue weighted by atomic mass is 9.88. The molecule has 0 radical (unpaired) electrons. The second kappa shape index (κ2) is 6.67. The van der Waals surface area contributed by atoms with E-state index in [1.807, 2.05) is 0 Å². The molecule has 2 unspecified atom stereocenters. The number of benzene rings is 1. The quantitative estimate of drug-likeness (QED) is 0.466. The van der Waals surface area contributed by atoms with Crippen LogP contribution in [0, 0.1) is 10.1 Å². The fraction of sp³-hybridized carbons (Fsp3) is 0.333. The molecule has 0 aliphatic carbocycles. The van der Waals surface area contributed by atoms with E-state index in [0.717, 1.165) is 0 Å². The van der Waals surface area contributed by atoms with E-state index in [4.69, 9.17) is 14.6 Å². The molecule has 0 amide bonds. The number of aliphatic hydroxyl groups is 1. The maximum atomic E-state index is 11.8. The van der Waals surface area contributed by atoms with Gasteiger partial charge in [0.25, 0.3) is 5.69 Å². The van der Waals surface area contributed by atoms with Gasteiger partial charge in [-0.25, -0.2) is 9.59 Å². The lowest BCUT2D eigenvalue weighted by Gasteiger charge is -2.32.